The fraction of sp³-hybridized carbons (Fsp3) is 0.926. The van der Waals surface area contributed by atoms with E-state index in [4.69, 9.17) is 22.8 Å². The van der Waals surface area contributed by atoms with Crippen LogP contribution in [0, 0.1) is 0 Å². The summed E-state index contributed by atoms with van der Waals surface area (Å²) in [6, 6.07) is 0.780. The van der Waals surface area contributed by atoms with E-state index in [1.54, 1.807) is 28.3 Å². The molecule has 0 bridgehead atoms. The van der Waals surface area contributed by atoms with Gasteiger partial charge in [0.2, 0.25) is 0 Å². The van der Waals surface area contributed by atoms with Crippen molar-refractivity contribution in [2.24, 2.45) is 0 Å². The second-order valence-electron chi connectivity index (χ2n) is 9.52. The third-order valence-electron chi connectivity index (χ3n) is 6.30. The first-order chi connectivity index (χ1) is 17.4. The minimum absolute atomic E-state index is 0.124. The van der Waals surface area contributed by atoms with E-state index in [2.05, 4.69) is 12.2 Å². The highest BCUT2D eigenvalue weighted by molar-refractivity contribution is 6.60. The van der Waals surface area contributed by atoms with E-state index in [9.17, 15) is 9.59 Å². The summed E-state index contributed by atoms with van der Waals surface area (Å²) in [5.74, 6) is -0.432. The van der Waals surface area contributed by atoms with Gasteiger partial charge in [0.15, 0.2) is 0 Å². The van der Waals surface area contributed by atoms with E-state index in [0.29, 0.717) is 12.8 Å². The molecule has 214 valence electrons. The zero-order valence-electron chi connectivity index (χ0n) is 23.9. The number of unbranched alkanes of at least 4 members (excludes halogenated alkanes) is 10. The van der Waals surface area contributed by atoms with Gasteiger partial charge in [0.1, 0.15) is 12.7 Å². The van der Waals surface area contributed by atoms with Gasteiger partial charge in [-0.25, -0.2) is 0 Å². The summed E-state index contributed by atoms with van der Waals surface area (Å²) in [7, 11) is 2.42. The molecular weight excluding hydrogens is 478 g/mol. The summed E-state index contributed by atoms with van der Waals surface area (Å²) in [4.78, 5) is 23.9. The van der Waals surface area contributed by atoms with Gasteiger partial charge >= 0.3 is 20.7 Å². The normalized spacial score (nSPS) is 12.5. The van der Waals surface area contributed by atoms with Gasteiger partial charge < -0.3 is 28.1 Å². The first-order valence-electron chi connectivity index (χ1n) is 14.1. The first-order valence-corrected chi connectivity index (χ1v) is 16.1. The topological polar surface area (TPSA) is 92.3 Å². The van der Waals surface area contributed by atoms with Crippen LogP contribution in [0.3, 0.4) is 0 Å². The lowest BCUT2D eigenvalue weighted by Gasteiger charge is -2.24. The molecule has 36 heavy (non-hydrogen) atoms. The lowest BCUT2D eigenvalue weighted by atomic mass is 10.1. The Kier molecular flexibility index (Phi) is 23.7. The summed E-state index contributed by atoms with van der Waals surface area (Å²) < 4.78 is 26.8. The largest absolute Gasteiger partial charge is 0.500 e. The van der Waals surface area contributed by atoms with Gasteiger partial charge in [-0.3, -0.25) is 9.59 Å². The quantitative estimate of drug-likeness (QED) is 0.0847. The van der Waals surface area contributed by atoms with Crippen LogP contribution in [0.5, 0.6) is 0 Å². The second-order valence-corrected chi connectivity index (χ2v) is 12.6. The summed E-state index contributed by atoms with van der Waals surface area (Å²) >= 11 is 0. The second kappa shape index (κ2) is 24.3. The van der Waals surface area contributed by atoms with Crippen LogP contribution < -0.4 is 5.32 Å². The predicted molar refractivity (Wildman–Crippen MR) is 146 cm³/mol. The molecule has 0 aliphatic heterocycles. The van der Waals surface area contributed by atoms with Crippen molar-refractivity contribution in [2.45, 2.75) is 122 Å². The fourth-order valence-electron chi connectivity index (χ4n) is 3.99. The molecule has 0 saturated carbocycles. The van der Waals surface area contributed by atoms with Gasteiger partial charge in [-0.15, -0.1) is 0 Å². The Hall–Kier alpha value is -1.00. The smallest absolute Gasteiger partial charge is 0.462 e. The van der Waals surface area contributed by atoms with Crippen molar-refractivity contribution in [3.05, 3.63) is 0 Å². The Balaban J connectivity index is 3.58. The van der Waals surface area contributed by atoms with Crippen LogP contribution in [0.15, 0.2) is 0 Å². The average Bonchev–Trinajstić information content (AvgIpc) is 2.88. The third kappa shape index (κ3) is 20.1. The van der Waals surface area contributed by atoms with E-state index in [1.807, 2.05) is 0 Å². The molecule has 0 radical (unpaired) electrons. The Morgan fingerprint density at radius 1 is 0.694 bits per heavy atom. The van der Waals surface area contributed by atoms with Crippen molar-refractivity contribution < 1.29 is 32.3 Å². The molecule has 8 nitrogen and oxygen atoms in total. The standard InChI is InChI=1S/C27H55NO7Si/c1-6-7-8-9-10-11-12-13-15-20-27(30)35-25(2)24-34-26(29)19-16-14-17-21-28-22-18-23-36(31-3,32-4)33-5/h25,28H,6-24H2,1-5H3. The van der Waals surface area contributed by atoms with Crippen LogP contribution in [0.2, 0.25) is 6.04 Å². The number of esters is 2. The molecule has 1 unspecified atom stereocenters. The van der Waals surface area contributed by atoms with E-state index in [1.165, 1.54) is 44.9 Å². The molecule has 0 amide bonds. The summed E-state index contributed by atoms with van der Waals surface area (Å²) in [5.41, 5.74) is 0. The number of ether oxygens (including phenoxy) is 2. The van der Waals surface area contributed by atoms with Gasteiger partial charge in [0, 0.05) is 40.2 Å². The highest BCUT2D eigenvalue weighted by Gasteiger charge is 2.36. The fourth-order valence-corrected chi connectivity index (χ4v) is 5.71. The van der Waals surface area contributed by atoms with Crippen molar-refractivity contribution >= 4 is 20.7 Å². The molecule has 0 aromatic carbocycles. The monoisotopic (exact) mass is 533 g/mol. The van der Waals surface area contributed by atoms with Gasteiger partial charge in [-0.1, -0.05) is 64.7 Å². The molecule has 0 aliphatic rings. The zero-order valence-corrected chi connectivity index (χ0v) is 24.9. The maximum atomic E-state index is 12.0. The van der Waals surface area contributed by atoms with Crippen LogP contribution in [0.1, 0.15) is 110 Å². The lowest BCUT2D eigenvalue weighted by molar-refractivity contribution is -0.158. The van der Waals surface area contributed by atoms with Crippen molar-refractivity contribution in [3.8, 4) is 0 Å². The summed E-state index contributed by atoms with van der Waals surface area (Å²) in [6.07, 6.45) is 15.1. The van der Waals surface area contributed by atoms with Crippen molar-refractivity contribution in [2.75, 3.05) is 41.0 Å². The number of nitrogens with one attached hydrogen (secondary N) is 1. The minimum Gasteiger partial charge on any atom is -0.462 e. The molecule has 9 heteroatoms. The van der Waals surface area contributed by atoms with Gasteiger partial charge in [0.05, 0.1) is 0 Å². The van der Waals surface area contributed by atoms with Gasteiger partial charge in [-0.2, -0.15) is 0 Å². The van der Waals surface area contributed by atoms with E-state index < -0.39 is 14.9 Å². The number of carbonyl (C=O) groups is 2. The summed E-state index contributed by atoms with van der Waals surface area (Å²) in [6.45, 7) is 5.91. The van der Waals surface area contributed by atoms with Gasteiger partial charge in [0.25, 0.3) is 0 Å². The molecule has 0 saturated heterocycles. The van der Waals surface area contributed by atoms with Gasteiger partial charge in [-0.05, 0) is 45.7 Å². The van der Waals surface area contributed by atoms with Crippen LogP contribution in [-0.4, -0.2) is 67.9 Å². The molecule has 0 aromatic rings. The predicted octanol–water partition coefficient (Wildman–Crippen LogP) is 5.80. The van der Waals surface area contributed by atoms with Crippen LogP contribution in [0.4, 0.5) is 0 Å². The number of carbonyl (C=O) groups excluding carboxylic acids is 2. The Bertz CT molecular complexity index is 524. The lowest BCUT2D eigenvalue weighted by Crippen LogP contribution is -2.43. The molecule has 0 rings (SSSR count). The molecule has 0 heterocycles. The Morgan fingerprint density at radius 3 is 1.78 bits per heavy atom. The average molecular weight is 534 g/mol. The van der Waals surface area contributed by atoms with Crippen molar-refractivity contribution in [3.63, 3.8) is 0 Å². The highest BCUT2D eigenvalue weighted by atomic mass is 28.4. The molecule has 0 spiro atoms. The molecular formula is C27H55NO7Si. The maximum absolute atomic E-state index is 12.0. The Labute approximate surface area is 221 Å². The first kappa shape index (κ1) is 35.0. The molecule has 0 fully saturated rings. The molecule has 0 aliphatic carbocycles. The third-order valence-corrected chi connectivity index (χ3v) is 9.13. The van der Waals surface area contributed by atoms with Crippen molar-refractivity contribution in [1.29, 1.82) is 0 Å². The van der Waals surface area contributed by atoms with E-state index in [0.717, 1.165) is 57.7 Å². The number of hydrogen-bond donors (Lipinski definition) is 1. The number of hydrogen-bond acceptors (Lipinski definition) is 8. The zero-order chi connectivity index (χ0) is 26.9. The molecule has 1 N–H and O–H groups in total. The van der Waals surface area contributed by atoms with E-state index >= 15 is 0 Å². The molecule has 1 atom stereocenters. The number of rotatable bonds is 26. The van der Waals surface area contributed by atoms with E-state index in [-0.39, 0.29) is 18.5 Å². The SMILES string of the molecule is CCCCCCCCCCCC(=O)OC(C)COC(=O)CCCCCNCCC[Si](OC)(OC)OC. The Morgan fingerprint density at radius 2 is 1.19 bits per heavy atom. The van der Waals surface area contributed by atoms with Crippen LogP contribution in [-0.2, 0) is 32.3 Å². The molecule has 0 aromatic heterocycles. The highest BCUT2D eigenvalue weighted by Crippen LogP contribution is 2.14. The van der Waals surface area contributed by atoms with Crippen LogP contribution in [0.25, 0.3) is 0 Å². The maximum Gasteiger partial charge on any atom is 0.500 e. The van der Waals surface area contributed by atoms with Crippen LogP contribution >= 0.6 is 0 Å². The summed E-state index contributed by atoms with van der Waals surface area (Å²) in [5, 5.41) is 3.40. The van der Waals surface area contributed by atoms with Crippen molar-refractivity contribution in [1.82, 2.24) is 5.32 Å². The minimum atomic E-state index is -2.47.